The van der Waals surface area contributed by atoms with Crippen LogP contribution in [0.1, 0.15) is 13.8 Å². The summed E-state index contributed by atoms with van der Waals surface area (Å²) in [5, 5.41) is 0.382. The number of thioether (sulfide) groups is 1. The molecule has 70 valence electrons. The van der Waals surface area contributed by atoms with Crippen LogP contribution in [0.25, 0.3) is 0 Å². The Morgan fingerprint density at radius 3 is 2.77 bits per heavy atom. The molecule has 0 amide bonds. The molecule has 1 nitrogen and oxygen atoms in total. The highest BCUT2D eigenvalue weighted by Gasteiger charge is 2.17. The molecule has 0 saturated carbocycles. The fourth-order valence-corrected chi connectivity index (χ4v) is 2.55. The third-order valence-corrected chi connectivity index (χ3v) is 3.52. The maximum Gasteiger partial charge on any atom is 0.180 e. The van der Waals surface area contributed by atoms with Crippen molar-refractivity contribution in [2.75, 3.05) is 5.33 Å². The van der Waals surface area contributed by atoms with E-state index in [2.05, 4.69) is 22.5 Å². The molecule has 1 aliphatic heterocycles. The Morgan fingerprint density at radius 2 is 2.23 bits per heavy atom. The summed E-state index contributed by atoms with van der Waals surface area (Å²) >= 11 is 4.70. The number of rotatable bonds is 2. The van der Waals surface area contributed by atoms with Gasteiger partial charge in [0.15, 0.2) is 5.78 Å². The molecule has 0 saturated heterocycles. The molecule has 0 fully saturated rings. The van der Waals surface area contributed by atoms with Gasteiger partial charge in [0.25, 0.3) is 0 Å². The lowest BCUT2D eigenvalue weighted by Crippen LogP contribution is -2.06. The molecule has 13 heavy (non-hydrogen) atoms. The van der Waals surface area contributed by atoms with Gasteiger partial charge in [-0.25, -0.2) is 0 Å². The topological polar surface area (TPSA) is 17.1 Å². The minimum Gasteiger partial charge on any atom is -0.293 e. The number of allylic oxidation sites excluding steroid dienone is 5. The van der Waals surface area contributed by atoms with Gasteiger partial charge in [-0.1, -0.05) is 34.3 Å². The molecule has 0 aromatic carbocycles. The summed E-state index contributed by atoms with van der Waals surface area (Å²) in [5.41, 5.74) is 1.95. The van der Waals surface area contributed by atoms with E-state index in [0.29, 0.717) is 5.33 Å². The average molecular weight is 259 g/mol. The molecule has 0 spiro atoms. The van der Waals surface area contributed by atoms with Crippen LogP contribution in [0.2, 0.25) is 0 Å². The molecule has 0 aliphatic carbocycles. The molecule has 0 aromatic rings. The number of hydrogen-bond acceptors (Lipinski definition) is 2. The minimum atomic E-state index is 0.135. The summed E-state index contributed by atoms with van der Waals surface area (Å²) in [4.78, 5) is 13.4. The molecule has 0 N–H and O–H groups in total. The molecule has 3 heteroatoms. The zero-order valence-corrected chi connectivity index (χ0v) is 10.1. The average Bonchev–Trinajstić information content (AvgIpc) is 2.10. The Balaban J connectivity index is 3.02. The van der Waals surface area contributed by atoms with Gasteiger partial charge in [0.05, 0.1) is 10.2 Å². The highest BCUT2D eigenvalue weighted by Crippen LogP contribution is 2.36. The zero-order chi connectivity index (χ0) is 10.0. The first-order chi connectivity index (χ1) is 6.06. The van der Waals surface area contributed by atoms with Gasteiger partial charge >= 0.3 is 0 Å². The summed E-state index contributed by atoms with van der Waals surface area (Å²) in [6.07, 6.45) is 2.00. The van der Waals surface area contributed by atoms with Crippen LogP contribution in [-0.4, -0.2) is 11.1 Å². The van der Waals surface area contributed by atoms with Crippen molar-refractivity contribution in [3.8, 4) is 0 Å². The smallest absolute Gasteiger partial charge is 0.180 e. The predicted molar refractivity (Wildman–Crippen MR) is 62.0 cm³/mol. The van der Waals surface area contributed by atoms with Crippen LogP contribution >= 0.6 is 27.7 Å². The number of Topliss-reactive ketones (excluding diaryl/α,β-unsaturated/α-hetero) is 1. The largest absolute Gasteiger partial charge is 0.293 e. The van der Waals surface area contributed by atoms with Crippen molar-refractivity contribution in [2.45, 2.75) is 13.8 Å². The third-order valence-electron chi connectivity index (χ3n) is 1.84. The summed E-state index contributed by atoms with van der Waals surface area (Å²) in [5.74, 6) is 0.135. The van der Waals surface area contributed by atoms with Crippen molar-refractivity contribution >= 4 is 33.5 Å². The summed E-state index contributed by atoms with van der Waals surface area (Å²) in [6.45, 7) is 7.83. The summed E-state index contributed by atoms with van der Waals surface area (Å²) < 4.78 is 0. The van der Waals surface area contributed by atoms with E-state index in [1.165, 1.54) is 11.8 Å². The molecule has 0 aromatic heterocycles. The Hall–Kier alpha value is -0.280. The first-order valence-corrected chi connectivity index (χ1v) is 5.85. The quantitative estimate of drug-likeness (QED) is 0.707. The van der Waals surface area contributed by atoms with Crippen LogP contribution in [-0.2, 0) is 4.79 Å². The predicted octanol–water partition coefficient (Wildman–Crippen LogP) is 3.43. The number of carbonyl (C=O) groups excluding carboxylic acids is 1. The Labute approximate surface area is 91.1 Å². The first kappa shape index (κ1) is 10.8. The maximum absolute atomic E-state index is 11.5. The fraction of sp³-hybridized carbons (Fsp3) is 0.300. The van der Waals surface area contributed by atoms with Crippen LogP contribution in [0.15, 0.2) is 33.6 Å². The number of ketones is 1. The lowest BCUT2D eigenvalue weighted by Gasteiger charge is -2.16. The summed E-state index contributed by atoms with van der Waals surface area (Å²) in [6, 6.07) is 0. The molecular formula is C10H11BrOS. The van der Waals surface area contributed by atoms with E-state index in [-0.39, 0.29) is 5.78 Å². The van der Waals surface area contributed by atoms with E-state index in [9.17, 15) is 4.79 Å². The van der Waals surface area contributed by atoms with Crippen molar-refractivity contribution in [1.29, 1.82) is 0 Å². The maximum atomic E-state index is 11.5. The Bertz CT molecular complexity index is 326. The van der Waals surface area contributed by atoms with Gasteiger partial charge in [-0.05, 0) is 36.0 Å². The van der Waals surface area contributed by atoms with Crippen LogP contribution in [0, 0.1) is 0 Å². The van der Waals surface area contributed by atoms with E-state index in [4.69, 9.17) is 0 Å². The van der Waals surface area contributed by atoms with Crippen LogP contribution in [0.3, 0.4) is 0 Å². The number of halogens is 1. The molecule has 1 aliphatic rings. The van der Waals surface area contributed by atoms with Crippen LogP contribution in [0.5, 0.6) is 0 Å². The van der Waals surface area contributed by atoms with Gasteiger partial charge in [-0.15, -0.1) is 0 Å². The molecule has 0 atom stereocenters. The monoisotopic (exact) mass is 258 g/mol. The second-order valence-corrected chi connectivity index (χ2v) is 4.71. The van der Waals surface area contributed by atoms with Crippen molar-refractivity contribution < 1.29 is 4.79 Å². The highest BCUT2D eigenvalue weighted by molar-refractivity contribution is 9.09. The lowest BCUT2D eigenvalue weighted by molar-refractivity contribution is -0.112. The third kappa shape index (κ3) is 2.35. The van der Waals surface area contributed by atoms with Crippen molar-refractivity contribution in [1.82, 2.24) is 0 Å². The molecule has 0 bridgehead atoms. The minimum absolute atomic E-state index is 0.135. The molecular weight excluding hydrogens is 248 g/mol. The number of hydrogen-bond donors (Lipinski definition) is 0. The molecule has 1 rings (SSSR count). The van der Waals surface area contributed by atoms with Gasteiger partial charge in [0.2, 0.25) is 0 Å². The van der Waals surface area contributed by atoms with Crippen LogP contribution < -0.4 is 0 Å². The van der Waals surface area contributed by atoms with Gasteiger partial charge in [0.1, 0.15) is 0 Å². The molecule has 0 radical (unpaired) electrons. The van der Waals surface area contributed by atoms with E-state index >= 15 is 0 Å². The summed E-state index contributed by atoms with van der Waals surface area (Å²) in [7, 11) is 0. The second kappa shape index (κ2) is 4.29. The van der Waals surface area contributed by atoms with Crippen LogP contribution in [0.4, 0.5) is 0 Å². The van der Waals surface area contributed by atoms with Crippen molar-refractivity contribution in [2.24, 2.45) is 0 Å². The van der Waals surface area contributed by atoms with E-state index in [0.717, 1.165) is 21.0 Å². The Morgan fingerprint density at radius 1 is 1.62 bits per heavy atom. The molecule has 0 unspecified atom stereocenters. The van der Waals surface area contributed by atoms with E-state index in [1.807, 2.05) is 19.9 Å². The highest BCUT2D eigenvalue weighted by atomic mass is 79.9. The van der Waals surface area contributed by atoms with Gasteiger partial charge in [-0.3, -0.25) is 4.79 Å². The van der Waals surface area contributed by atoms with Gasteiger partial charge in [-0.2, -0.15) is 0 Å². The SMILES string of the molecule is C=C1C=C(C)SC(C(=O)CBr)=C1C. The van der Waals surface area contributed by atoms with Gasteiger partial charge < -0.3 is 0 Å². The van der Waals surface area contributed by atoms with Gasteiger partial charge in [0, 0.05) is 0 Å². The molecule has 1 heterocycles. The lowest BCUT2D eigenvalue weighted by atomic mass is 10.1. The van der Waals surface area contributed by atoms with Crippen molar-refractivity contribution in [3.05, 3.63) is 33.6 Å². The fourth-order valence-electron chi connectivity index (χ4n) is 1.09. The first-order valence-electron chi connectivity index (χ1n) is 3.91. The van der Waals surface area contributed by atoms with E-state index in [1.54, 1.807) is 0 Å². The normalized spacial score (nSPS) is 17.5. The standard InChI is InChI=1S/C10H11BrOS/c1-6-4-7(2)13-10(8(6)3)9(12)5-11/h4H,1,5H2,2-3H3. The zero-order valence-electron chi connectivity index (χ0n) is 7.69. The van der Waals surface area contributed by atoms with Crippen molar-refractivity contribution in [3.63, 3.8) is 0 Å². The number of alkyl halides is 1. The number of carbonyl (C=O) groups is 1. The van der Waals surface area contributed by atoms with E-state index < -0.39 is 0 Å². The Kier molecular flexibility index (Phi) is 3.56. The second-order valence-electron chi connectivity index (χ2n) is 2.89.